The number of sulfonamides is 1. The molecule has 142 valence electrons. The number of hydrogen-bond donors (Lipinski definition) is 1. The fraction of sp³-hybridized carbons (Fsp3) is 0.529. The van der Waals surface area contributed by atoms with Crippen molar-refractivity contribution in [2.24, 2.45) is 11.7 Å². The van der Waals surface area contributed by atoms with Crippen LogP contribution < -0.4 is 5.73 Å². The van der Waals surface area contributed by atoms with E-state index in [-0.39, 0.29) is 22.8 Å². The van der Waals surface area contributed by atoms with Crippen molar-refractivity contribution >= 4 is 21.9 Å². The zero-order valence-corrected chi connectivity index (χ0v) is 15.4. The summed E-state index contributed by atoms with van der Waals surface area (Å²) in [7, 11) is -2.29. The minimum atomic E-state index is -3.57. The number of methoxy groups -OCH3 is 1. The summed E-state index contributed by atoms with van der Waals surface area (Å²) in [6.07, 6.45) is 1.46. The van der Waals surface area contributed by atoms with Gasteiger partial charge in [-0.2, -0.15) is 4.31 Å². The van der Waals surface area contributed by atoms with Crippen LogP contribution in [0.3, 0.4) is 0 Å². The van der Waals surface area contributed by atoms with Crippen LogP contribution >= 0.6 is 0 Å². The number of esters is 1. The molecule has 1 aromatic rings. The van der Waals surface area contributed by atoms with E-state index in [1.807, 2.05) is 0 Å². The minimum absolute atomic E-state index is 0.0699. The molecule has 3 rings (SSSR count). The Bertz CT molecular complexity index is 779. The van der Waals surface area contributed by atoms with E-state index in [9.17, 15) is 18.0 Å². The lowest BCUT2D eigenvalue weighted by Crippen LogP contribution is -2.62. The van der Waals surface area contributed by atoms with Crippen molar-refractivity contribution in [2.75, 3.05) is 33.3 Å². The first kappa shape index (κ1) is 18.8. The molecule has 0 aromatic heterocycles. The lowest BCUT2D eigenvalue weighted by atomic mass is 9.94. The van der Waals surface area contributed by atoms with Gasteiger partial charge < -0.3 is 10.5 Å². The number of primary amides is 1. The van der Waals surface area contributed by atoms with E-state index in [0.29, 0.717) is 18.7 Å². The summed E-state index contributed by atoms with van der Waals surface area (Å²) >= 11 is 0. The Balaban J connectivity index is 1.58. The van der Waals surface area contributed by atoms with E-state index in [2.05, 4.69) is 9.64 Å². The largest absolute Gasteiger partial charge is 0.465 e. The smallest absolute Gasteiger partial charge is 0.337 e. The molecule has 9 heteroatoms. The molecule has 1 amide bonds. The minimum Gasteiger partial charge on any atom is -0.465 e. The molecule has 2 saturated heterocycles. The number of ether oxygens (including phenoxy) is 1. The molecule has 0 spiro atoms. The Morgan fingerprint density at radius 1 is 1.12 bits per heavy atom. The monoisotopic (exact) mass is 381 g/mol. The van der Waals surface area contributed by atoms with Gasteiger partial charge >= 0.3 is 5.97 Å². The van der Waals surface area contributed by atoms with Crippen LogP contribution in [0.4, 0.5) is 0 Å². The van der Waals surface area contributed by atoms with Crippen LogP contribution in [-0.4, -0.2) is 68.8 Å². The molecule has 2 fully saturated rings. The van der Waals surface area contributed by atoms with E-state index >= 15 is 0 Å². The maximum atomic E-state index is 12.7. The van der Waals surface area contributed by atoms with Gasteiger partial charge in [-0.15, -0.1) is 0 Å². The average Bonchev–Trinajstić information content (AvgIpc) is 2.60. The van der Waals surface area contributed by atoms with Gasteiger partial charge in [0.05, 0.1) is 17.6 Å². The van der Waals surface area contributed by atoms with E-state index in [1.54, 1.807) is 0 Å². The number of nitrogens with zero attached hydrogens (tertiary/aromatic N) is 2. The molecule has 0 aliphatic carbocycles. The Morgan fingerprint density at radius 2 is 1.69 bits per heavy atom. The molecule has 2 aliphatic rings. The van der Waals surface area contributed by atoms with Gasteiger partial charge in [-0.3, -0.25) is 9.69 Å². The number of piperidine rings is 1. The van der Waals surface area contributed by atoms with Crippen molar-refractivity contribution < 1.29 is 22.7 Å². The fourth-order valence-corrected chi connectivity index (χ4v) is 4.94. The molecule has 2 heterocycles. The molecule has 8 nitrogen and oxygen atoms in total. The van der Waals surface area contributed by atoms with E-state index in [4.69, 9.17) is 5.73 Å². The molecule has 0 atom stereocenters. The second-order valence-corrected chi connectivity index (χ2v) is 8.64. The summed E-state index contributed by atoms with van der Waals surface area (Å²) in [6.45, 7) is 2.39. The maximum Gasteiger partial charge on any atom is 0.337 e. The predicted octanol–water partition coefficient (Wildman–Crippen LogP) is 0.0434. The number of rotatable bonds is 5. The molecule has 0 bridgehead atoms. The summed E-state index contributed by atoms with van der Waals surface area (Å²) < 4.78 is 31.4. The highest BCUT2D eigenvalue weighted by Gasteiger charge is 2.40. The standard InChI is InChI=1S/C17H23N3O5S/c1-25-17(22)13-2-4-15(5-3-13)26(23,24)20-10-14(11-20)19-8-6-12(7-9-19)16(18)21/h2-5,12,14H,6-11H2,1H3,(H2,18,21). The number of nitrogens with two attached hydrogens (primary N) is 1. The number of carbonyl (C=O) groups is 2. The molecule has 26 heavy (non-hydrogen) atoms. The van der Waals surface area contributed by atoms with Crippen molar-refractivity contribution in [3.63, 3.8) is 0 Å². The van der Waals surface area contributed by atoms with Crippen LogP contribution in [0, 0.1) is 5.92 Å². The van der Waals surface area contributed by atoms with Gasteiger partial charge in [0.1, 0.15) is 0 Å². The van der Waals surface area contributed by atoms with Crippen molar-refractivity contribution in [3.8, 4) is 0 Å². The second-order valence-electron chi connectivity index (χ2n) is 6.70. The van der Waals surface area contributed by atoms with Gasteiger partial charge in [-0.05, 0) is 50.2 Å². The van der Waals surface area contributed by atoms with E-state index in [1.165, 1.54) is 35.7 Å². The Hall–Kier alpha value is -1.97. The number of amides is 1. The first-order valence-corrected chi connectivity index (χ1v) is 9.99. The van der Waals surface area contributed by atoms with Gasteiger partial charge in [0, 0.05) is 25.0 Å². The Morgan fingerprint density at radius 3 is 2.19 bits per heavy atom. The molecule has 1 aromatic carbocycles. The molecular weight excluding hydrogens is 358 g/mol. The maximum absolute atomic E-state index is 12.7. The lowest BCUT2D eigenvalue weighted by molar-refractivity contribution is -0.123. The molecule has 2 aliphatic heterocycles. The van der Waals surface area contributed by atoms with Crippen LogP contribution in [0.1, 0.15) is 23.2 Å². The first-order valence-electron chi connectivity index (χ1n) is 8.55. The van der Waals surface area contributed by atoms with Crippen LogP contribution in [0.15, 0.2) is 29.2 Å². The van der Waals surface area contributed by atoms with Crippen molar-refractivity contribution in [3.05, 3.63) is 29.8 Å². The number of likely N-dealkylation sites (tertiary alicyclic amines) is 1. The predicted molar refractivity (Wildman–Crippen MR) is 93.8 cm³/mol. The normalized spacial score (nSPS) is 20.5. The molecule has 2 N–H and O–H groups in total. The summed E-state index contributed by atoms with van der Waals surface area (Å²) in [4.78, 5) is 25.1. The second kappa shape index (κ2) is 7.34. The van der Waals surface area contributed by atoms with Gasteiger partial charge in [-0.1, -0.05) is 0 Å². The number of benzene rings is 1. The highest BCUT2D eigenvalue weighted by molar-refractivity contribution is 7.89. The topological polar surface area (TPSA) is 110 Å². The third-order valence-electron chi connectivity index (χ3n) is 5.19. The quantitative estimate of drug-likeness (QED) is 0.722. The Kier molecular flexibility index (Phi) is 5.31. The highest BCUT2D eigenvalue weighted by atomic mass is 32.2. The number of hydrogen-bond acceptors (Lipinski definition) is 6. The van der Waals surface area contributed by atoms with Gasteiger partial charge in [0.2, 0.25) is 15.9 Å². The van der Waals surface area contributed by atoms with Crippen molar-refractivity contribution in [2.45, 2.75) is 23.8 Å². The summed E-state index contributed by atoms with van der Waals surface area (Å²) in [6, 6.07) is 5.92. The van der Waals surface area contributed by atoms with Gasteiger partial charge in [-0.25, -0.2) is 13.2 Å². The van der Waals surface area contributed by atoms with E-state index in [0.717, 1.165) is 25.9 Å². The van der Waals surface area contributed by atoms with Crippen LogP contribution in [0.25, 0.3) is 0 Å². The summed E-state index contributed by atoms with van der Waals surface area (Å²) in [5, 5.41) is 0. The van der Waals surface area contributed by atoms with E-state index < -0.39 is 16.0 Å². The molecule has 0 saturated carbocycles. The lowest BCUT2D eigenvalue weighted by Gasteiger charge is -2.46. The van der Waals surface area contributed by atoms with Crippen LogP contribution in [0.2, 0.25) is 0 Å². The van der Waals surface area contributed by atoms with Crippen molar-refractivity contribution in [1.82, 2.24) is 9.21 Å². The number of carbonyl (C=O) groups excluding carboxylic acids is 2. The SMILES string of the molecule is COC(=O)c1ccc(S(=O)(=O)N2CC(N3CCC(C(N)=O)CC3)C2)cc1. The van der Waals surface area contributed by atoms with Crippen LogP contribution in [0.5, 0.6) is 0 Å². The zero-order valence-electron chi connectivity index (χ0n) is 14.6. The van der Waals surface area contributed by atoms with Gasteiger partial charge in [0.25, 0.3) is 0 Å². The van der Waals surface area contributed by atoms with Gasteiger partial charge in [0.15, 0.2) is 0 Å². The molecular formula is C17H23N3O5S. The third-order valence-corrected chi connectivity index (χ3v) is 7.04. The highest BCUT2D eigenvalue weighted by Crippen LogP contribution is 2.27. The van der Waals surface area contributed by atoms with Crippen LogP contribution in [-0.2, 0) is 19.6 Å². The Labute approximate surface area is 152 Å². The first-order chi connectivity index (χ1) is 12.3. The molecule has 0 radical (unpaired) electrons. The fourth-order valence-electron chi connectivity index (χ4n) is 3.42. The summed E-state index contributed by atoms with van der Waals surface area (Å²) in [5.74, 6) is -0.824. The molecule has 0 unspecified atom stereocenters. The average molecular weight is 381 g/mol. The zero-order chi connectivity index (χ0) is 18.9. The van der Waals surface area contributed by atoms with Crippen molar-refractivity contribution in [1.29, 1.82) is 0 Å². The third kappa shape index (κ3) is 3.60. The summed E-state index contributed by atoms with van der Waals surface area (Å²) in [5.41, 5.74) is 5.65.